The number of ether oxygens (including phenoxy) is 4. The summed E-state index contributed by atoms with van der Waals surface area (Å²) in [6.45, 7) is 6.02. The molecule has 0 fully saturated rings. The zero-order valence-corrected chi connectivity index (χ0v) is 18.3. The van der Waals surface area contributed by atoms with Crippen LogP contribution in [0.5, 0.6) is 17.2 Å². The summed E-state index contributed by atoms with van der Waals surface area (Å²) in [5, 5.41) is 2.94. The molecule has 2 rings (SSSR count). The second kappa shape index (κ2) is 11.5. The molecule has 0 bridgehead atoms. The van der Waals surface area contributed by atoms with Crippen LogP contribution in [-0.2, 0) is 9.53 Å². The van der Waals surface area contributed by atoms with Crippen molar-refractivity contribution in [3.8, 4) is 17.2 Å². The summed E-state index contributed by atoms with van der Waals surface area (Å²) in [4.78, 5) is 28.5. The van der Waals surface area contributed by atoms with E-state index in [2.05, 4.69) is 10.3 Å². The largest absolute Gasteiger partial charge is 0.490 e. The number of hydrogen-bond acceptors (Lipinski definition) is 7. The smallest absolute Gasteiger partial charge is 0.338 e. The molecule has 1 N–H and O–H groups in total. The molecule has 1 aromatic carbocycles. The number of nitrogens with zero attached hydrogens (tertiary/aromatic N) is 1. The zero-order chi connectivity index (χ0) is 22.1. The summed E-state index contributed by atoms with van der Waals surface area (Å²) >= 11 is 11.7. The molecular weight excluding hydrogens is 435 g/mol. The number of esters is 1. The lowest BCUT2D eigenvalue weighted by atomic mass is 10.2. The lowest BCUT2D eigenvalue weighted by Crippen LogP contribution is -2.21. The molecule has 8 nitrogen and oxygen atoms in total. The molecule has 0 radical (unpaired) electrons. The van der Waals surface area contributed by atoms with Crippen molar-refractivity contribution in [1.29, 1.82) is 0 Å². The van der Waals surface area contributed by atoms with E-state index in [9.17, 15) is 9.59 Å². The van der Waals surface area contributed by atoms with Gasteiger partial charge in [-0.3, -0.25) is 4.79 Å². The average molecular weight is 457 g/mol. The van der Waals surface area contributed by atoms with E-state index in [-0.39, 0.29) is 16.4 Å². The summed E-state index contributed by atoms with van der Waals surface area (Å²) in [5.74, 6) is -0.136. The molecule has 162 valence electrons. The van der Waals surface area contributed by atoms with E-state index < -0.39 is 18.5 Å². The lowest BCUT2D eigenvalue weighted by Gasteiger charge is -2.16. The van der Waals surface area contributed by atoms with E-state index in [0.29, 0.717) is 42.1 Å². The van der Waals surface area contributed by atoms with Gasteiger partial charge in [-0.2, -0.15) is 0 Å². The molecule has 2 aromatic rings. The Morgan fingerprint density at radius 2 is 1.57 bits per heavy atom. The number of nitrogens with one attached hydrogen (secondary N) is 1. The summed E-state index contributed by atoms with van der Waals surface area (Å²) in [6.07, 6.45) is 1.33. The zero-order valence-electron chi connectivity index (χ0n) is 16.8. The monoisotopic (exact) mass is 456 g/mol. The highest BCUT2D eigenvalue weighted by molar-refractivity contribution is 6.36. The molecule has 0 aliphatic rings. The third-order valence-corrected chi connectivity index (χ3v) is 4.04. The van der Waals surface area contributed by atoms with Gasteiger partial charge in [-0.05, 0) is 39.0 Å². The molecule has 0 spiro atoms. The predicted octanol–water partition coefficient (Wildman–Crippen LogP) is 4.38. The molecule has 0 atom stereocenters. The molecule has 30 heavy (non-hydrogen) atoms. The van der Waals surface area contributed by atoms with Gasteiger partial charge in [-0.25, -0.2) is 9.78 Å². The number of anilines is 1. The first kappa shape index (κ1) is 23.6. The highest BCUT2D eigenvalue weighted by Crippen LogP contribution is 2.39. The fraction of sp³-hybridized carbons (Fsp3) is 0.350. The first-order valence-electron chi connectivity index (χ1n) is 9.23. The predicted molar refractivity (Wildman–Crippen MR) is 113 cm³/mol. The number of carbonyl (C=O) groups is 2. The standard InChI is InChI=1S/C20H22Cl2N2O6/c1-4-27-15-7-12(8-16(28-5-2)18(15)29-6-3)20(26)30-11-17(25)24-19-14(22)9-13(21)10-23-19/h7-10H,4-6,11H2,1-3H3,(H,23,24,25). The van der Waals surface area contributed by atoms with E-state index >= 15 is 0 Å². The van der Waals surface area contributed by atoms with E-state index in [1.807, 2.05) is 6.92 Å². The van der Waals surface area contributed by atoms with Crippen LogP contribution in [0.2, 0.25) is 10.0 Å². The van der Waals surface area contributed by atoms with E-state index in [4.69, 9.17) is 42.1 Å². The fourth-order valence-electron chi connectivity index (χ4n) is 2.40. The van der Waals surface area contributed by atoms with Crippen molar-refractivity contribution in [3.05, 3.63) is 40.0 Å². The van der Waals surface area contributed by atoms with Crippen LogP contribution >= 0.6 is 23.2 Å². The molecule has 1 heterocycles. The van der Waals surface area contributed by atoms with Gasteiger partial charge in [0.05, 0.1) is 35.4 Å². The molecule has 10 heteroatoms. The molecular formula is C20H22Cl2N2O6. The van der Waals surface area contributed by atoms with Crippen LogP contribution in [0, 0.1) is 0 Å². The SMILES string of the molecule is CCOc1cc(C(=O)OCC(=O)Nc2ncc(Cl)cc2Cl)cc(OCC)c1OCC. The summed E-state index contributed by atoms with van der Waals surface area (Å²) in [7, 11) is 0. The summed E-state index contributed by atoms with van der Waals surface area (Å²) in [5.41, 5.74) is 0.154. The van der Waals surface area contributed by atoms with Crippen molar-refractivity contribution >= 4 is 40.9 Å². The fourth-order valence-corrected chi connectivity index (χ4v) is 2.82. The Bertz CT molecular complexity index is 880. The van der Waals surface area contributed by atoms with Gasteiger partial charge in [-0.15, -0.1) is 0 Å². The molecule has 0 aliphatic carbocycles. The van der Waals surface area contributed by atoms with Gasteiger partial charge >= 0.3 is 5.97 Å². The number of carbonyl (C=O) groups excluding carboxylic acids is 2. The molecule has 0 saturated heterocycles. The van der Waals surface area contributed by atoms with Gasteiger partial charge in [0, 0.05) is 6.20 Å². The Balaban J connectivity index is 2.12. The van der Waals surface area contributed by atoms with Crippen LogP contribution in [-0.4, -0.2) is 43.3 Å². The van der Waals surface area contributed by atoms with Crippen molar-refractivity contribution in [2.75, 3.05) is 31.7 Å². The summed E-state index contributed by atoms with van der Waals surface area (Å²) in [6, 6.07) is 4.39. The number of amides is 1. The van der Waals surface area contributed by atoms with Crippen molar-refractivity contribution in [2.45, 2.75) is 20.8 Å². The Kier molecular flexibility index (Phi) is 9.01. The van der Waals surface area contributed by atoms with E-state index in [1.54, 1.807) is 13.8 Å². The number of rotatable bonds is 10. The topological polar surface area (TPSA) is 96.0 Å². The molecule has 0 unspecified atom stereocenters. The second-order valence-electron chi connectivity index (χ2n) is 5.71. The molecule has 0 saturated carbocycles. The first-order chi connectivity index (χ1) is 14.4. The van der Waals surface area contributed by atoms with Crippen molar-refractivity contribution in [2.24, 2.45) is 0 Å². The maximum absolute atomic E-state index is 12.5. The minimum Gasteiger partial charge on any atom is -0.490 e. The van der Waals surface area contributed by atoms with Gasteiger partial charge in [0.15, 0.2) is 23.9 Å². The third-order valence-electron chi connectivity index (χ3n) is 3.54. The number of aromatic nitrogens is 1. The van der Waals surface area contributed by atoms with Gasteiger partial charge in [0.2, 0.25) is 5.75 Å². The van der Waals surface area contributed by atoms with Crippen LogP contribution < -0.4 is 19.5 Å². The van der Waals surface area contributed by atoms with Crippen LogP contribution in [0.15, 0.2) is 24.4 Å². The van der Waals surface area contributed by atoms with Crippen LogP contribution in [0.1, 0.15) is 31.1 Å². The molecule has 1 aromatic heterocycles. The summed E-state index contributed by atoms with van der Waals surface area (Å²) < 4.78 is 21.8. The minimum absolute atomic E-state index is 0.112. The van der Waals surface area contributed by atoms with Gasteiger partial charge in [0.1, 0.15) is 0 Å². The number of pyridine rings is 1. The second-order valence-corrected chi connectivity index (χ2v) is 6.55. The Labute approximate surface area is 184 Å². The van der Waals surface area contributed by atoms with Crippen LogP contribution in [0.25, 0.3) is 0 Å². The first-order valence-corrected chi connectivity index (χ1v) is 9.99. The molecule has 1 amide bonds. The van der Waals surface area contributed by atoms with Crippen molar-refractivity contribution < 1.29 is 28.5 Å². The lowest BCUT2D eigenvalue weighted by molar-refractivity contribution is -0.119. The van der Waals surface area contributed by atoms with Gasteiger partial charge in [0.25, 0.3) is 5.91 Å². The van der Waals surface area contributed by atoms with E-state index in [1.165, 1.54) is 24.4 Å². The Hall–Kier alpha value is -2.71. The Morgan fingerprint density at radius 1 is 0.967 bits per heavy atom. The number of halogens is 2. The van der Waals surface area contributed by atoms with Crippen molar-refractivity contribution in [3.63, 3.8) is 0 Å². The van der Waals surface area contributed by atoms with Crippen LogP contribution in [0.4, 0.5) is 5.82 Å². The third kappa shape index (κ3) is 6.40. The highest BCUT2D eigenvalue weighted by Gasteiger charge is 2.20. The van der Waals surface area contributed by atoms with Gasteiger partial charge in [-0.1, -0.05) is 23.2 Å². The van der Waals surface area contributed by atoms with Gasteiger partial charge < -0.3 is 24.3 Å². The number of benzene rings is 1. The quantitative estimate of drug-likeness (QED) is 0.529. The molecule has 0 aliphatic heterocycles. The van der Waals surface area contributed by atoms with E-state index in [0.717, 1.165) is 0 Å². The maximum Gasteiger partial charge on any atom is 0.338 e. The van der Waals surface area contributed by atoms with Crippen LogP contribution in [0.3, 0.4) is 0 Å². The highest BCUT2D eigenvalue weighted by atomic mass is 35.5. The van der Waals surface area contributed by atoms with Crippen molar-refractivity contribution in [1.82, 2.24) is 4.98 Å². The minimum atomic E-state index is -0.731. The average Bonchev–Trinajstić information content (AvgIpc) is 2.71. The number of hydrogen-bond donors (Lipinski definition) is 1. The normalized spacial score (nSPS) is 10.3. The Morgan fingerprint density at radius 3 is 2.10 bits per heavy atom. The maximum atomic E-state index is 12.5.